The maximum atomic E-state index is 12.5. The molecule has 1 aliphatic rings. The van der Waals surface area contributed by atoms with E-state index in [1.807, 2.05) is 6.07 Å². The van der Waals surface area contributed by atoms with E-state index in [1.54, 1.807) is 24.3 Å². The van der Waals surface area contributed by atoms with Crippen LogP contribution in [0.3, 0.4) is 0 Å². The number of benzene rings is 1. The van der Waals surface area contributed by atoms with Gasteiger partial charge in [0.2, 0.25) is 0 Å². The van der Waals surface area contributed by atoms with Crippen LogP contribution in [-0.2, 0) is 0 Å². The van der Waals surface area contributed by atoms with Crippen molar-refractivity contribution < 1.29 is 14.0 Å². The molecule has 132 valence electrons. The van der Waals surface area contributed by atoms with Crippen molar-refractivity contribution in [3.63, 3.8) is 0 Å². The van der Waals surface area contributed by atoms with E-state index in [-0.39, 0.29) is 11.7 Å². The summed E-state index contributed by atoms with van der Waals surface area (Å²) in [6.45, 7) is 4.92. The number of furan rings is 1. The van der Waals surface area contributed by atoms with E-state index < -0.39 is 5.91 Å². The molecule has 0 aliphatic carbocycles. The summed E-state index contributed by atoms with van der Waals surface area (Å²) in [5, 5.41) is 3.02. The maximum absolute atomic E-state index is 12.5. The van der Waals surface area contributed by atoms with Crippen LogP contribution in [0.5, 0.6) is 0 Å². The van der Waals surface area contributed by atoms with Crippen LogP contribution in [0.2, 0.25) is 0 Å². The number of hydrogen-bond acceptors (Lipinski definition) is 4. The lowest BCUT2D eigenvalue weighted by Crippen LogP contribution is -2.40. The van der Waals surface area contributed by atoms with Crippen LogP contribution in [-0.4, -0.2) is 42.4 Å². The summed E-state index contributed by atoms with van der Waals surface area (Å²) in [6, 6.07) is 10.8. The summed E-state index contributed by atoms with van der Waals surface area (Å²) < 4.78 is 5.42. The molecule has 1 aliphatic heterocycles. The van der Waals surface area contributed by atoms with E-state index in [1.165, 1.54) is 12.5 Å². The van der Waals surface area contributed by atoms with E-state index in [9.17, 15) is 9.59 Å². The van der Waals surface area contributed by atoms with Gasteiger partial charge in [-0.05, 0) is 50.2 Å². The van der Waals surface area contributed by atoms with Crippen LogP contribution >= 0.6 is 0 Å². The zero-order valence-corrected chi connectivity index (χ0v) is 14.3. The molecule has 1 saturated heterocycles. The first-order valence-corrected chi connectivity index (χ1v) is 8.61. The van der Waals surface area contributed by atoms with E-state index in [0.717, 1.165) is 25.1 Å². The molecule has 6 heteroatoms. The molecule has 0 bridgehead atoms. The number of carbonyl (C=O) groups is 2. The Hall–Kier alpha value is -2.60. The molecule has 2 amide bonds. The van der Waals surface area contributed by atoms with Crippen molar-refractivity contribution in [2.24, 2.45) is 5.73 Å². The molecule has 1 aromatic heterocycles. The number of carbonyl (C=O) groups excluding carboxylic acids is 2. The van der Waals surface area contributed by atoms with Crippen LogP contribution < -0.4 is 11.1 Å². The van der Waals surface area contributed by atoms with Gasteiger partial charge in [0, 0.05) is 23.7 Å². The van der Waals surface area contributed by atoms with Crippen molar-refractivity contribution in [1.82, 2.24) is 10.2 Å². The first-order chi connectivity index (χ1) is 12.1. The smallest absolute Gasteiger partial charge is 0.284 e. The van der Waals surface area contributed by atoms with E-state index in [0.29, 0.717) is 23.9 Å². The number of hydrogen-bond donors (Lipinski definition) is 2. The number of likely N-dealkylation sites (tertiary alicyclic amines) is 1. The minimum absolute atomic E-state index is 0.103. The summed E-state index contributed by atoms with van der Waals surface area (Å²) >= 11 is 0. The van der Waals surface area contributed by atoms with Gasteiger partial charge in [0.15, 0.2) is 5.76 Å². The Morgan fingerprint density at radius 3 is 2.88 bits per heavy atom. The van der Waals surface area contributed by atoms with Gasteiger partial charge in [-0.2, -0.15) is 0 Å². The zero-order chi connectivity index (χ0) is 17.8. The second kappa shape index (κ2) is 7.53. The zero-order valence-electron chi connectivity index (χ0n) is 14.3. The molecule has 1 aromatic carbocycles. The topological polar surface area (TPSA) is 88.6 Å². The number of rotatable bonds is 6. The number of nitrogens with zero attached hydrogens (tertiary/aromatic N) is 1. The second-order valence-corrected chi connectivity index (χ2v) is 6.24. The lowest BCUT2D eigenvalue weighted by Gasteiger charge is -2.22. The van der Waals surface area contributed by atoms with Crippen molar-refractivity contribution in [3.05, 3.63) is 47.7 Å². The van der Waals surface area contributed by atoms with Gasteiger partial charge in [-0.1, -0.05) is 19.1 Å². The SMILES string of the molecule is CCN1CCC[C@H]1CNC(=O)c1cccc(-c2ccc(C(N)=O)o2)c1. The van der Waals surface area contributed by atoms with E-state index in [4.69, 9.17) is 10.2 Å². The molecule has 0 saturated carbocycles. The summed E-state index contributed by atoms with van der Waals surface area (Å²) in [6.07, 6.45) is 2.31. The number of primary amides is 1. The molecule has 0 radical (unpaired) electrons. The summed E-state index contributed by atoms with van der Waals surface area (Å²) in [4.78, 5) is 26.0. The number of likely N-dealkylation sites (N-methyl/N-ethyl adjacent to an activating group) is 1. The molecular weight excluding hydrogens is 318 g/mol. The Labute approximate surface area is 147 Å². The van der Waals surface area contributed by atoms with Crippen molar-refractivity contribution in [3.8, 4) is 11.3 Å². The average molecular weight is 341 g/mol. The largest absolute Gasteiger partial charge is 0.451 e. The molecule has 2 heterocycles. The molecular formula is C19H23N3O3. The highest BCUT2D eigenvalue weighted by Crippen LogP contribution is 2.23. The fourth-order valence-corrected chi connectivity index (χ4v) is 3.29. The molecule has 0 spiro atoms. The van der Waals surface area contributed by atoms with Crippen LogP contribution in [0.1, 0.15) is 40.7 Å². The molecule has 1 atom stereocenters. The van der Waals surface area contributed by atoms with Gasteiger partial charge in [0.05, 0.1) is 0 Å². The molecule has 2 aromatic rings. The van der Waals surface area contributed by atoms with Gasteiger partial charge in [0.1, 0.15) is 5.76 Å². The molecule has 3 rings (SSSR count). The van der Waals surface area contributed by atoms with Crippen LogP contribution in [0.15, 0.2) is 40.8 Å². The Morgan fingerprint density at radius 1 is 1.32 bits per heavy atom. The third-order valence-corrected chi connectivity index (χ3v) is 4.66. The standard InChI is InChI=1S/C19H23N3O3/c1-2-22-10-4-7-15(22)12-21-19(24)14-6-3-5-13(11-14)16-8-9-17(25-16)18(20)23/h3,5-6,8-9,11,15H,2,4,7,10,12H2,1H3,(H2,20,23)(H,21,24)/t15-/m0/s1. The third-order valence-electron chi connectivity index (χ3n) is 4.66. The summed E-state index contributed by atoms with van der Waals surface area (Å²) in [7, 11) is 0. The molecule has 3 N–H and O–H groups in total. The minimum atomic E-state index is -0.614. The van der Waals surface area contributed by atoms with Crippen molar-refractivity contribution in [2.45, 2.75) is 25.8 Å². The second-order valence-electron chi connectivity index (χ2n) is 6.24. The Bertz CT molecular complexity index is 769. The molecule has 0 unspecified atom stereocenters. The quantitative estimate of drug-likeness (QED) is 0.843. The summed E-state index contributed by atoms with van der Waals surface area (Å²) in [5.74, 6) is -0.106. The monoisotopic (exact) mass is 341 g/mol. The van der Waals surface area contributed by atoms with Gasteiger partial charge in [-0.3, -0.25) is 14.5 Å². The van der Waals surface area contributed by atoms with E-state index in [2.05, 4.69) is 17.1 Å². The lowest BCUT2D eigenvalue weighted by atomic mass is 10.1. The normalized spacial score (nSPS) is 17.6. The van der Waals surface area contributed by atoms with E-state index >= 15 is 0 Å². The van der Waals surface area contributed by atoms with Crippen LogP contribution in [0.25, 0.3) is 11.3 Å². The predicted octanol–water partition coefficient (Wildman–Crippen LogP) is 2.26. The van der Waals surface area contributed by atoms with Gasteiger partial charge in [-0.15, -0.1) is 0 Å². The van der Waals surface area contributed by atoms with Gasteiger partial charge < -0.3 is 15.5 Å². The molecule has 6 nitrogen and oxygen atoms in total. The maximum Gasteiger partial charge on any atom is 0.284 e. The lowest BCUT2D eigenvalue weighted by molar-refractivity contribution is 0.0939. The molecule has 1 fully saturated rings. The highest BCUT2D eigenvalue weighted by atomic mass is 16.3. The highest BCUT2D eigenvalue weighted by molar-refractivity contribution is 5.95. The Morgan fingerprint density at radius 2 is 2.16 bits per heavy atom. The third kappa shape index (κ3) is 3.91. The fourth-order valence-electron chi connectivity index (χ4n) is 3.29. The average Bonchev–Trinajstić information content (AvgIpc) is 3.28. The minimum Gasteiger partial charge on any atom is -0.451 e. The fraction of sp³-hybridized carbons (Fsp3) is 0.368. The van der Waals surface area contributed by atoms with Crippen molar-refractivity contribution in [1.29, 1.82) is 0 Å². The summed E-state index contributed by atoms with van der Waals surface area (Å²) in [5.41, 5.74) is 6.50. The number of nitrogens with two attached hydrogens (primary N) is 1. The first-order valence-electron chi connectivity index (χ1n) is 8.61. The Kier molecular flexibility index (Phi) is 5.19. The predicted molar refractivity (Wildman–Crippen MR) is 95.3 cm³/mol. The highest BCUT2D eigenvalue weighted by Gasteiger charge is 2.23. The van der Waals surface area contributed by atoms with Crippen LogP contribution in [0, 0.1) is 0 Å². The van der Waals surface area contributed by atoms with Gasteiger partial charge >= 0.3 is 0 Å². The first kappa shape index (κ1) is 17.2. The number of nitrogens with one attached hydrogen (secondary N) is 1. The number of amides is 2. The van der Waals surface area contributed by atoms with Gasteiger partial charge in [0.25, 0.3) is 11.8 Å². The van der Waals surface area contributed by atoms with Crippen molar-refractivity contribution in [2.75, 3.05) is 19.6 Å². The van der Waals surface area contributed by atoms with Gasteiger partial charge in [-0.25, -0.2) is 0 Å². The van der Waals surface area contributed by atoms with Crippen LogP contribution in [0.4, 0.5) is 0 Å². The Balaban J connectivity index is 1.68. The van der Waals surface area contributed by atoms with Crippen molar-refractivity contribution >= 4 is 11.8 Å². The molecule has 25 heavy (non-hydrogen) atoms.